The van der Waals surface area contributed by atoms with E-state index < -0.39 is 12.6 Å². The van der Waals surface area contributed by atoms with E-state index in [9.17, 15) is 13.2 Å². The number of piperidine rings is 1. The molecule has 0 aliphatic carbocycles. The number of benzene rings is 2. The van der Waals surface area contributed by atoms with Crippen molar-refractivity contribution in [1.82, 2.24) is 4.90 Å². The van der Waals surface area contributed by atoms with Gasteiger partial charge in [0.2, 0.25) is 0 Å². The zero-order chi connectivity index (χ0) is 28.7. The molecule has 41 heavy (non-hydrogen) atoms. The smallest absolute Gasteiger partial charge is 0.393 e. The van der Waals surface area contributed by atoms with E-state index in [-0.39, 0.29) is 18.2 Å². The van der Waals surface area contributed by atoms with E-state index >= 15 is 0 Å². The lowest BCUT2D eigenvalue weighted by molar-refractivity contribution is -0.126. The molecule has 0 spiro atoms. The lowest BCUT2D eigenvalue weighted by Gasteiger charge is -2.38. The highest BCUT2D eigenvalue weighted by molar-refractivity contribution is 7.20. The van der Waals surface area contributed by atoms with Crippen molar-refractivity contribution in [2.45, 2.75) is 31.5 Å². The van der Waals surface area contributed by atoms with Crippen molar-refractivity contribution in [3.05, 3.63) is 52.9 Å². The van der Waals surface area contributed by atoms with E-state index in [2.05, 4.69) is 34.4 Å². The third kappa shape index (κ3) is 8.29. The van der Waals surface area contributed by atoms with Crippen molar-refractivity contribution in [3.63, 3.8) is 0 Å². The molecule has 3 aromatic rings. The second-order valence-electron chi connectivity index (χ2n) is 10.5. The first-order chi connectivity index (χ1) is 19.9. The van der Waals surface area contributed by atoms with E-state index in [1.165, 1.54) is 11.3 Å². The van der Waals surface area contributed by atoms with E-state index in [0.29, 0.717) is 55.0 Å². The topological polar surface area (TPSA) is 55.0 Å². The summed E-state index contributed by atoms with van der Waals surface area (Å²) in [5.41, 5.74) is 1.93. The van der Waals surface area contributed by atoms with Crippen molar-refractivity contribution in [1.29, 1.82) is 0 Å². The number of hydrogen-bond donors (Lipinski definition) is 2. The van der Waals surface area contributed by atoms with Crippen molar-refractivity contribution in [2.24, 2.45) is 5.92 Å². The summed E-state index contributed by atoms with van der Waals surface area (Å²) in [7, 11) is 2.12. The van der Waals surface area contributed by atoms with Gasteiger partial charge in [-0.15, -0.1) is 11.3 Å². The number of nitrogens with one attached hydrogen (secondary N) is 2. The average Bonchev–Trinajstić information content (AvgIpc) is 3.28. The van der Waals surface area contributed by atoms with Crippen molar-refractivity contribution < 1.29 is 27.4 Å². The summed E-state index contributed by atoms with van der Waals surface area (Å²) >= 11 is 1.34. The third-order valence-corrected chi connectivity index (χ3v) is 8.59. The highest BCUT2D eigenvalue weighted by Gasteiger charge is 2.32. The summed E-state index contributed by atoms with van der Waals surface area (Å²) in [6, 6.07) is 13.3. The van der Waals surface area contributed by atoms with Gasteiger partial charge in [-0.1, -0.05) is 30.0 Å². The lowest BCUT2D eigenvalue weighted by atomic mass is 9.89. The molecular weight excluding hydrogens is 551 g/mol. The second kappa shape index (κ2) is 13.8. The van der Waals surface area contributed by atoms with Gasteiger partial charge in [0, 0.05) is 30.9 Å². The summed E-state index contributed by atoms with van der Waals surface area (Å²) in [6.45, 7) is 4.68. The number of ether oxygens (including phenoxy) is 3. The average molecular weight is 588 g/mol. The standard InChI is InChI=1S/C31H36F3N3O3S/c1-37-13-10-27-22(21-37)11-14-38-15-16-39-17-18-40-24-6-2-5-23(19-24)35-12-4-9-29-26(20-31(32,33)34)25-7-3-8-28(36-27)30(25)41-29/h2-3,5-8,19,22,27,35-36H,10-18,20-21H2,1H3/t22-,27?/m1/s1. The summed E-state index contributed by atoms with van der Waals surface area (Å²) in [5.74, 6) is 7.12. The van der Waals surface area contributed by atoms with Crippen molar-refractivity contribution >= 4 is 32.8 Å². The van der Waals surface area contributed by atoms with Gasteiger partial charge in [0.1, 0.15) is 12.4 Å². The second-order valence-corrected chi connectivity index (χ2v) is 11.5. The molecule has 5 rings (SSSR count). The quantitative estimate of drug-likeness (QED) is 0.340. The molecule has 1 unspecified atom stereocenters. The number of halogens is 3. The first kappa shape index (κ1) is 29.5. The summed E-state index contributed by atoms with van der Waals surface area (Å²) < 4.78 is 59.2. The van der Waals surface area contributed by atoms with Gasteiger partial charge >= 0.3 is 6.18 Å². The van der Waals surface area contributed by atoms with E-state index in [0.717, 1.165) is 42.0 Å². The SMILES string of the molecule is CN1CCC2Nc3cccc4c(CC(F)(F)F)c(sc34)C#CCNc3cccc(c3)OCCOCCOCC[C@@H]2C1. The molecule has 3 heterocycles. The predicted octanol–water partition coefficient (Wildman–Crippen LogP) is 6.02. The highest BCUT2D eigenvalue weighted by atomic mass is 32.1. The minimum atomic E-state index is -4.33. The maximum absolute atomic E-state index is 13.7. The van der Waals surface area contributed by atoms with Gasteiger partial charge in [-0.25, -0.2) is 0 Å². The molecule has 2 aromatic carbocycles. The number of fused-ring (bicyclic) bond motifs is 4. The fourth-order valence-corrected chi connectivity index (χ4v) is 6.57. The first-order valence-corrected chi connectivity index (χ1v) is 14.8. The van der Waals surface area contributed by atoms with Crippen LogP contribution in [0.15, 0.2) is 42.5 Å². The predicted molar refractivity (Wildman–Crippen MR) is 158 cm³/mol. The van der Waals surface area contributed by atoms with Crippen LogP contribution in [0.25, 0.3) is 10.1 Å². The molecule has 0 radical (unpaired) electrons. The molecule has 0 amide bonds. The van der Waals surface area contributed by atoms with Crippen LogP contribution in [-0.2, 0) is 15.9 Å². The minimum Gasteiger partial charge on any atom is -0.491 e. The molecule has 6 nitrogen and oxygen atoms in total. The number of thiophene rings is 1. The van der Waals surface area contributed by atoms with Crippen LogP contribution in [0.3, 0.4) is 0 Å². The van der Waals surface area contributed by atoms with E-state index in [1.807, 2.05) is 36.4 Å². The largest absolute Gasteiger partial charge is 0.491 e. The highest BCUT2D eigenvalue weighted by Crippen LogP contribution is 2.40. The van der Waals surface area contributed by atoms with Gasteiger partial charge in [0.05, 0.1) is 48.1 Å². The Hall–Kier alpha value is -2.97. The Kier molecular flexibility index (Phi) is 9.93. The molecule has 220 valence electrons. The molecule has 0 saturated carbocycles. The summed E-state index contributed by atoms with van der Waals surface area (Å²) in [4.78, 5) is 2.78. The maximum atomic E-state index is 13.7. The molecule has 2 aliphatic rings. The van der Waals surface area contributed by atoms with Crippen LogP contribution in [0.5, 0.6) is 5.75 Å². The van der Waals surface area contributed by atoms with E-state index in [1.54, 1.807) is 6.07 Å². The summed E-state index contributed by atoms with van der Waals surface area (Å²) in [5, 5.41) is 7.54. The molecule has 1 fully saturated rings. The Morgan fingerprint density at radius 2 is 1.83 bits per heavy atom. The molecule has 2 aliphatic heterocycles. The molecule has 2 atom stereocenters. The molecule has 1 aromatic heterocycles. The molecule has 2 N–H and O–H groups in total. The fraction of sp³-hybridized carbons (Fsp3) is 0.484. The van der Waals surface area contributed by atoms with Crippen molar-refractivity contribution in [2.75, 3.05) is 70.3 Å². The monoisotopic (exact) mass is 587 g/mol. The zero-order valence-corrected chi connectivity index (χ0v) is 24.0. The van der Waals surface area contributed by atoms with Crippen molar-refractivity contribution in [3.8, 4) is 17.6 Å². The minimum absolute atomic E-state index is 0.192. The Morgan fingerprint density at radius 3 is 2.68 bits per heavy atom. The molecule has 4 bridgehead atoms. The third-order valence-electron chi connectivity index (χ3n) is 7.39. The Balaban J connectivity index is 1.45. The Bertz CT molecular complexity index is 1370. The van der Waals surface area contributed by atoms with Gasteiger partial charge in [-0.3, -0.25) is 0 Å². The molecular formula is C31H36F3N3O3S. The van der Waals surface area contributed by atoms with Crippen LogP contribution in [0, 0.1) is 17.8 Å². The summed E-state index contributed by atoms with van der Waals surface area (Å²) in [6.07, 6.45) is -3.52. The molecule has 1 saturated heterocycles. The number of likely N-dealkylation sites (tertiary alicyclic amines) is 1. The number of hydrogen-bond acceptors (Lipinski definition) is 7. The number of rotatable bonds is 1. The number of alkyl halides is 3. The fourth-order valence-electron chi connectivity index (χ4n) is 5.40. The number of nitrogens with zero attached hydrogens (tertiary/aromatic N) is 1. The van der Waals surface area contributed by atoms with Gasteiger partial charge in [0.15, 0.2) is 0 Å². The number of anilines is 2. The molecule has 10 heteroatoms. The Morgan fingerprint density at radius 1 is 1.02 bits per heavy atom. The lowest BCUT2D eigenvalue weighted by Crippen LogP contribution is -2.45. The van der Waals surface area contributed by atoms with Crippen LogP contribution in [0.1, 0.15) is 23.3 Å². The van der Waals surface area contributed by atoms with Gasteiger partial charge in [0.25, 0.3) is 0 Å². The van der Waals surface area contributed by atoms with Gasteiger partial charge in [-0.05, 0) is 61.5 Å². The normalized spacial score (nSPS) is 21.6. The van der Waals surface area contributed by atoms with E-state index in [4.69, 9.17) is 14.2 Å². The first-order valence-electron chi connectivity index (χ1n) is 14.0. The maximum Gasteiger partial charge on any atom is 0.393 e. The van der Waals surface area contributed by atoms with Gasteiger partial charge < -0.3 is 29.7 Å². The van der Waals surface area contributed by atoms with Crippen LogP contribution in [0.2, 0.25) is 0 Å². The van der Waals surface area contributed by atoms with Crippen LogP contribution in [-0.4, -0.2) is 76.8 Å². The zero-order valence-electron chi connectivity index (χ0n) is 23.2. The van der Waals surface area contributed by atoms with Crippen LogP contribution < -0.4 is 15.4 Å². The van der Waals surface area contributed by atoms with Crippen LogP contribution >= 0.6 is 11.3 Å². The Labute approximate surface area is 243 Å². The van der Waals surface area contributed by atoms with Gasteiger partial charge in [-0.2, -0.15) is 13.2 Å². The van der Waals surface area contributed by atoms with Crippen LogP contribution in [0.4, 0.5) is 24.5 Å².